The van der Waals surface area contributed by atoms with Crippen LogP contribution in [-0.2, 0) is 14.3 Å². The summed E-state index contributed by atoms with van der Waals surface area (Å²) in [6.45, 7) is 7.35. The summed E-state index contributed by atoms with van der Waals surface area (Å²) >= 11 is 0. The minimum atomic E-state index is -0.837. The second-order valence-corrected chi connectivity index (χ2v) is 6.21. The SMILES string of the molecule is CCC1C[C@H](C(=O)NCCCCOC(C)C)[C@H](C(=O)O)C1. The molecule has 1 rings (SSSR count). The highest BCUT2D eigenvalue weighted by molar-refractivity contribution is 5.85. The van der Waals surface area contributed by atoms with E-state index in [0.717, 1.165) is 19.3 Å². The summed E-state index contributed by atoms with van der Waals surface area (Å²) in [5, 5.41) is 12.1. The summed E-state index contributed by atoms with van der Waals surface area (Å²) in [5.74, 6) is -1.44. The molecule has 0 radical (unpaired) electrons. The third-order valence-corrected chi connectivity index (χ3v) is 4.21. The number of carbonyl (C=O) groups excluding carboxylic acids is 1. The van der Waals surface area contributed by atoms with Gasteiger partial charge in [0.15, 0.2) is 0 Å². The number of carboxylic acids is 1. The average molecular weight is 299 g/mol. The Morgan fingerprint density at radius 2 is 1.90 bits per heavy atom. The number of ether oxygens (including phenoxy) is 1. The summed E-state index contributed by atoms with van der Waals surface area (Å²) in [6, 6.07) is 0. The molecule has 1 aliphatic rings. The molecule has 0 aromatic heterocycles. The van der Waals surface area contributed by atoms with E-state index in [1.54, 1.807) is 0 Å². The Bertz CT molecular complexity index is 343. The zero-order valence-electron chi connectivity index (χ0n) is 13.4. The number of nitrogens with one attached hydrogen (secondary N) is 1. The Hall–Kier alpha value is -1.10. The van der Waals surface area contributed by atoms with E-state index in [4.69, 9.17) is 4.74 Å². The number of hydrogen-bond acceptors (Lipinski definition) is 3. The molecule has 3 atom stereocenters. The number of hydrogen-bond donors (Lipinski definition) is 2. The molecule has 0 aliphatic heterocycles. The normalized spacial score (nSPS) is 25.2. The van der Waals surface area contributed by atoms with Crippen molar-refractivity contribution in [2.24, 2.45) is 17.8 Å². The molecule has 0 spiro atoms. The van der Waals surface area contributed by atoms with Gasteiger partial charge in [0.2, 0.25) is 5.91 Å². The Kier molecular flexibility index (Phi) is 7.72. The number of carboxylic acid groups (broad SMARTS) is 1. The van der Waals surface area contributed by atoms with Gasteiger partial charge in [-0.1, -0.05) is 13.3 Å². The molecule has 21 heavy (non-hydrogen) atoms. The van der Waals surface area contributed by atoms with Gasteiger partial charge in [-0.2, -0.15) is 0 Å². The van der Waals surface area contributed by atoms with E-state index >= 15 is 0 Å². The van der Waals surface area contributed by atoms with Crippen LogP contribution in [0, 0.1) is 17.8 Å². The fourth-order valence-electron chi connectivity index (χ4n) is 2.93. The van der Waals surface area contributed by atoms with Gasteiger partial charge in [-0.25, -0.2) is 0 Å². The van der Waals surface area contributed by atoms with Gasteiger partial charge in [0.05, 0.1) is 17.9 Å². The molecule has 0 aromatic carbocycles. The minimum absolute atomic E-state index is 0.0943. The van der Waals surface area contributed by atoms with E-state index in [1.807, 2.05) is 13.8 Å². The van der Waals surface area contributed by atoms with Crippen LogP contribution < -0.4 is 5.32 Å². The van der Waals surface area contributed by atoms with Crippen LogP contribution in [0.4, 0.5) is 0 Å². The van der Waals surface area contributed by atoms with Crippen LogP contribution in [0.3, 0.4) is 0 Å². The first-order valence-electron chi connectivity index (χ1n) is 8.07. The minimum Gasteiger partial charge on any atom is -0.481 e. The first-order valence-corrected chi connectivity index (χ1v) is 8.07. The Labute approximate surface area is 127 Å². The van der Waals surface area contributed by atoms with Gasteiger partial charge in [-0.05, 0) is 45.4 Å². The molecule has 0 aromatic rings. The quantitative estimate of drug-likeness (QED) is 0.641. The largest absolute Gasteiger partial charge is 0.481 e. The lowest BCUT2D eigenvalue weighted by Crippen LogP contribution is -2.35. The van der Waals surface area contributed by atoms with Crippen molar-refractivity contribution in [3.63, 3.8) is 0 Å². The predicted octanol–water partition coefficient (Wildman–Crippen LogP) is 2.44. The average Bonchev–Trinajstić information content (AvgIpc) is 2.86. The second-order valence-electron chi connectivity index (χ2n) is 6.21. The van der Waals surface area contributed by atoms with Gasteiger partial charge in [0.1, 0.15) is 0 Å². The van der Waals surface area contributed by atoms with Gasteiger partial charge in [-0.3, -0.25) is 9.59 Å². The topological polar surface area (TPSA) is 75.6 Å². The van der Waals surface area contributed by atoms with E-state index in [2.05, 4.69) is 12.2 Å². The van der Waals surface area contributed by atoms with E-state index in [0.29, 0.717) is 31.9 Å². The number of unbranched alkanes of at least 4 members (excludes halogenated alkanes) is 1. The van der Waals surface area contributed by atoms with E-state index < -0.39 is 11.9 Å². The highest BCUT2D eigenvalue weighted by atomic mass is 16.5. The first-order chi connectivity index (χ1) is 9.95. The van der Waals surface area contributed by atoms with Crippen LogP contribution in [0.2, 0.25) is 0 Å². The van der Waals surface area contributed by atoms with Crippen molar-refractivity contribution in [2.45, 2.75) is 59.0 Å². The maximum Gasteiger partial charge on any atom is 0.307 e. The van der Waals surface area contributed by atoms with Crippen LogP contribution in [0.15, 0.2) is 0 Å². The molecule has 1 fully saturated rings. The highest BCUT2D eigenvalue weighted by Gasteiger charge is 2.41. The van der Waals surface area contributed by atoms with Gasteiger partial charge < -0.3 is 15.2 Å². The molecule has 1 aliphatic carbocycles. The van der Waals surface area contributed by atoms with Crippen LogP contribution in [0.25, 0.3) is 0 Å². The van der Waals surface area contributed by atoms with E-state index in [9.17, 15) is 14.7 Å². The van der Waals surface area contributed by atoms with E-state index in [1.165, 1.54) is 0 Å². The molecule has 0 saturated heterocycles. The highest BCUT2D eigenvalue weighted by Crippen LogP contribution is 2.38. The Morgan fingerprint density at radius 1 is 1.24 bits per heavy atom. The third kappa shape index (κ3) is 6.04. The first kappa shape index (κ1) is 18.0. The van der Waals surface area contributed by atoms with Crippen molar-refractivity contribution in [3.05, 3.63) is 0 Å². The second kappa shape index (κ2) is 9.03. The molecule has 1 unspecified atom stereocenters. The smallest absolute Gasteiger partial charge is 0.307 e. The Morgan fingerprint density at radius 3 is 2.48 bits per heavy atom. The van der Waals surface area contributed by atoms with Crippen molar-refractivity contribution in [3.8, 4) is 0 Å². The standard InChI is InChI=1S/C16H29NO4/c1-4-12-9-13(14(10-12)16(19)20)15(18)17-7-5-6-8-21-11(2)3/h11-14H,4-10H2,1-3H3,(H,17,18)(H,19,20)/t12?,13-,14+/m0/s1. The van der Waals surface area contributed by atoms with Crippen molar-refractivity contribution < 1.29 is 19.4 Å². The maximum atomic E-state index is 12.2. The fourth-order valence-corrected chi connectivity index (χ4v) is 2.93. The molecule has 5 nitrogen and oxygen atoms in total. The van der Waals surface area contributed by atoms with Crippen LogP contribution in [0.5, 0.6) is 0 Å². The summed E-state index contributed by atoms with van der Waals surface area (Å²) in [5.41, 5.74) is 0. The van der Waals surface area contributed by atoms with Gasteiger partial charge in [0, 0.05) is 13.2 Å². The maximum absolute atomic E-state index is 12.2. The molecule has 1 saturated carbocycles. The number of amides is 1. The van der Waals surface area contributed by atoms with Crippen molar-refractivity contribution >= 4 is 11.9 Å². The molecule has 122 valence electrons. The van der Waals surface area contributed by atoms with Crippen molar-refractivity contribution in [2.75, 3.05) is 13.2 Å². The molecular formula is C16H29NO4. The lowest BCUT2D eigenvalue weighted by molar-refractivity contribution is -0.146. The lowest BCUT2D eigenvalue weighted by Gasteiger charge is -2.15. The summed E-state index contributed by atoms with van der Waals surface area (Å²) in [4.78, 5) is 23.4. The zero-order valence-corrected chi connectivity index (χ0v) is 13.4. The number of aliphatic carboxylic acids is 1. The van der Waals surface area contributed by atoms with Gasteiger partial charge >= 0.3 is 5.97 Å². The molecule has 5 heteroatoms. The van der Waals surface area contributed by atoms with Crippen molar-refractivity contribution in [1.29, 1.82) is 0 Å². The van der Waals surface area contributed by atoms with Gasteiger partial charge in [0.25, 0.3) is 0 Å². The summed E-state index contributed by atoms with van der Waals surface area (Å²) < 4.78 is 5.44. The third-order valence-electron chi connectivity index (χ3n) is 4.21. The zero-order chi connectivity index (χ0) is 15.8. The summed E-state index contributed by atoms with van der Waals surface area (Å²) in [7, 11) is 0. The summed E-state index contributed by atoms with van der Waals surface area (Å²) in [6.07, 6.45) is 4.28. The van der Waals surface area contributed by atoms with Crippen LogP contribution in [-0.4, -0.2) is 36.2 Å². The monoisotopic (exact) mass is 299 g/mol. The molecular weight excluding hydrogens is 270 g/mol. The van der Waals surface area contributed by atoms with Crippen LogP contribution >= 0.6 is 0 Å². The van der Waals surface area contributed by atoms with E-state index in [-0.39, 0.29) is 17.9 Å². The molecule has 0 heterocycles. The van der Waals surface area contributed by atoms with Gasteiger partial charge in [-0.15, -0.1) is 0 Å². The predicted molar refractivity (Wildman–Crippen MR) is 81.0 cm³/mol. The lowest BCUT2D eigenvalue weighted by atomic mass is 9.95. The molecule has 1 amide bonds. The number of carbonyl (C=O) groups is 2. The number of rotatable bonds is 9. The van der Waals surface area contributed by atoms with Crippen molar-refractivity contribution in [1.82, 2.24) is 5.32 Å². The molecule has 0 bridgehead atoms. The molecule has 2 N–H and O–H groups in total. The van der Waals surface area contributed by atoms with Crippen LogP contribution in [0.1, 0.15) is 52.9 Å². The fraction of sp³-hybridized carbons (Fsp3) is 0.875. The Balaban J connectivity index is 2.28.